The molecule has 1 saturated carbocycles. The van der Waals surface area contributed by atoms with Crippen molar-refractivity contribution in [1.29, 1.82) is 0 Å². The second-order valence-electron chi connectivity index (χ2n) is 4.23. The van der Waals surface area contributed by atoms with Crippen molar-refractivity contribution >= 4 is 0 Å². The third-order valence-electron chi connectivity index (χ3n) is 3.13. The number of rotatable bonds is 2. The molecule has 0 heterocycles. The monoisotopic (exact) mass is 192 g/mol. The highest BCUT2D eigenvalue weighted by atomic mass is 19.1. The van der Waals surface area contributed by atoms with Crippen LogP contribution in [0.1, 0.15) is 24.8 Å². The number of halogens is 1. The van der Waals surface area contributed by atoms with Crippen LogP contribution < -0.4 is 5.73 Å². The molecule has 0 atom stereocenters. The highest BCUT2D eigenvalue weighted by Crippen LogP contribution is 2.44. The van der Waals surface area contributed by atoms with Crippen molar-refractivity contribution in [3.05, 3.63) is 42.6 Å². The van der Waals surface area contributed by atoms with E-state index in [9.17, 15) is 4.39 Å². The lowest BCUT2D eigenvalue weighted by Gasteiger charge is -2.45. The van der Waals surface area contributed by atoms with Gasteiger partial charge in [0, 0.05) is 5.54 Å². The van der Waals surface area contributed by atoms with E-state index >= 15 is 0 Å². The number of hydrogen-bond acceptors (Lipinski definition) is 1. The van der Waals surface area contributed by atoms with Gasteiger partial charge in [0.05, 0.1) is 0 Å². The molecule has 2 N–H and O–H groups in total. The summed E-state index contributed by atoms with van der Waals surface area (Å²) in [5.74, 6) is 0.440. The quantitative estimate of drug-likeness (QED) is 0.765. The van der Waals surface area contributed by atoms with Crippen molar-refractivity contribution in [2.24, 2.45) is 11.7 Å². The van der Waals surface area contributed by atoms with E-state index < -0.39 is 0 Å². The average molecular weight is 192 g/mol. The Balaban J connectivity index is 2.13. The highest BCUT2D eigenvalue weighted by Gasteiger charge is 2.40. The van der Waals surface area contributed by atoms with Crippen molar-refractivity contribution in [3.8, 4) is 0 Å². The van der Waals surface area contributed by atoms with Gasteiger partial charge >= 0.3 is 0 Å². The Bertz CT molecular complexity index is 312. The maximum absolute atomic E-state index is 12.7. The number of hydrogen-bond donors (Lipinski definition) is 1. The summed E-state index contributed by atoms with van der Waals surface area (Å²) in [4.78, 5) is 0. The molecule has 1 aliphatic rings. The molecule has 1 aromatic rings. The lowest BCUT2D eigenvalue weighted by atomic mass is 9.64. The molecule has 0 bridgehead atoms. The van der Waals surface area contributed by atoms with Crippen LogP contribution in [-0.2, 0) is 5.54 Å². The lowest BCUT2D eigenvalue weighted by Crippen LogP contribution is -2.48. The summed E-state index contributed by atoms with van der Waals surface area (Å²) in [6, 6.07) is 6.52. The van der Waals surface area contributed by atoms with Crippen molar-refractivity contribution < 1.29 is 4.39 Å². The Labute approximate surface area is 84.1 Å². The SMILES string of the molecule is [CH2]CC1CC(N)(c2ccc(F)cc2)C1. The summed E-state index contributed by atoms with van der Waals surface area (Å²) in [6.45, 7) is 3.87. The van der Waals surface area contributed by atoms with Crippen molar-refractivity contribution in [2.45, 2.75) is 24.8 Å². The van der Waals surface area contributed by atoms with Gasteiger partial charge in [0.15, 0.2) is 0 Å². The van der Waals surface area contributed by atoms with Gasteiger partial charge in [0.2, 0.25) is 0 Å². The lowest BCUT2D eigenvalue weighted by molar-refractivity contribution is 0.149. The highest BCUT2D eigenvalue weighted by molar-refractivity contribution is 5.27. The Hall–Kier alpha value is -0.890. The fourth-order valence-electron chi connectivity index (χ4n) is 2.19. The van der Waals surface area contributed by atoms with Gasteiger partial charge in [-0.2, -0.15) is 0 Å². The molecule has 0 spiro atoms. The smallest absolute Gasteiger partial charge is 0.123 e. The van der Waals surface area contributed by atoms with E-state index in [1.54, 1.807) is 12.1 Å². The molecule has 0 aromatic heterocycles. The van der Waals surface area contributed by atoms with Gasteiger partial charge in [-0.25, -0.2) is 4.39 Å². The Kier molecular flexibility index (Phi) is 2.31. The summed E-state index contributed by atoms with van der Waals surface area (Å²) in [6.07, 6.45) is 2.89. The first-order valence-electron chi connectivity index (χ1n) is 4.98. The minimum Gasteiger partial charge on any atom is -0.321 e. The van der Waals surface area contributed by atoms with Gasteiger partial charge < -0.3 is 5.73 Å². The summed E-state index contributed by atoms with van der Waals surface area (Å²) in [7, 11) is 0. The minimum atomic E-state index is -0.226. The standard InChI is InChI=1S/C12H15FN/c1-2-9-7-12(14,8-9)10-3-5-11(13)6-4-10/h3-6,9H,1-2,7-8,14H2. The van der Waals surface area contributed by atoms with E-state index in [4.69, 9.17) is 5.73 Å². The van der Waals surface area contributed by atoms with Crippen LogP contribution in [0.25, 0.3) is 0 Å². The molecule has 0 saturated heterocycles. The molecule has 14 heavy (non-hydrogen) atoms. The molecular formula is C12H15FN. The molecule has 1 radical (unpaired) electrons. The van der Waals surface area contributed by atoms with Gasteiger partial charge in [-0.05, 0) is 36.5 Å². The van der Waals surface area contributed by atoms with Crippen molar-refractivity contribution in [2.75, 3.05) is 0 Å². The summed E-state index contributed by atoms with van der Waals surface area (Å²) in [5, 5.41) is 0. The topological polar surface area (TPSA) is 26.0 Å². The summed E-state index contributed by atoms with van der Waals surface area (Å²) in [5.41, 5.74) is 7.01. The van der Waals surface area contributed by atoms with Crippen LogP contribution in [0.5, 0.6) is 0 Å². The second kappa shape index (κ2) is 3.35. The van der Waals surface area contributed by atoms with Crippen LogP contribution in [0.3, 0.4) is 0 Å². The summed E-state index contributed by atoms with van der Waals surface area (Å²) < 4.78 is 12.7. The van der Waals surface area contributed by atoms with E-state index in [1.807, 2.05) is 0 Å². The first-order valence-corrected chi connectivity index (χ1v) is 4.98. The van der Waals surface area contributed by atoms with Crippen LogP contribution in [-0.4, -0.2) is 0 Å². The molecule has 2 rings (SSSR count). The Morgan fingerprint density at radius 3 is 2.43 bits per heavy atom. The first-order chi connectivity index (χ1) is 6.64. The fourth-order valence-corrected chi connectivity index (χ4v) is 2.19. The maximum atomic E-state index is 12.7. The molecule has 1 nitrogen and oxygen atoms in total. The third kappa shape index (κ3) is 1.55. The zero-order valence-electron chi connectivity index (χ0n) is 8.17. The van der Waals surface area contributed by atoms with Crippen molar-refractivity contribution in [1.82, 2.24) is 0 Å². The molecule has 1 aliphatic carbocycles. The number of nitrogens with two attached hydrogens (primary N) is 1. The Morgan fingerprint density at radius 2 is 1.93 bits per heavy atom. The average Bonchev–Trinajstić information content (AvgIpc) is 2.14. The van der Waals surface area contributed by atoms with Gasteiger partial charge in [0.25, 0.3) is 0 Å². The zero-order valence-corrected chi connectivity index (χ0v) is 8.17. The van der Waals surface area contributed by atoms with Crippen molar-refractivity contribution in [3.63, 3.8) is 0 Å². The molecule has 1 aromatic carbocycles. The molecular weight excluding hydrogens is 177 g/mol. The third-order valence-corrected chi connectivity index (χ3v) is 3.13. The fraction of sp³-hybridized carbons (Fsp3) is 0.417. The molecule has 75 valence electrons. The molecule has 1 fully saturated rings. The predicted molar refractivity (Wildman–Crippen MR) is 55.0 cm³/mol. The van der Waals surface area contributed by atoms with E-state index in [-0.39, 0.29) is 11.4 Å². The van der Waals surface area contributed by atoms with E-state index in [0.717, 1.165) is 24.8 Å². The largest absolute Gasteiger partial charge is 0.321 e. The molecule has 0 unspecified atom stereocenters. The normalized spacial score (nSPS) is 31.2. The van der Waals surface area contributed by atoms with Gasteiger partial charge in [0.1, 0.15) is 5.82 Å². The van der Waals surface area contributed by atoms with Crippen LogP contribution in [0.15, 0.2) is 24.3 Å². The molecule has 0 aliphatic heterocycles. The van der Waals surface area contributed by atoms with Gasteiger partial charge in [-0.15, -0.1) is 0 Å². The van der Waals surface area contributed by atoms with Crippen LogP contribution in [0.4, 0.5) is 4.39 Å². The predicted octanol–water partition coefficient (Wildman–Crippen LogP) is 2.61. The first kappa shape index (κ1) is 9.66. The van der Waals surface area contributed by atoms with Crippen LogP contribution in [0, 0.1) is 18.7 Å². The second-order valence-corrected chi connectivity index (χ2v) is 4.23. The molecule has 2 heteroatoms. The summed E-state index contributed by atoms with van der Waals surface area (Å²) >= 11 is 0. The van der Waals surface area contributed by atoms with E-state index in [0.29, 0.717) is 5.92 Å². The molecule has 0 amide bonds. The van der Waals surface area contributed by atoms with E-state index in [1.165, 1.54) is 12.1 Å². The van der Waals surface area contributed by atoms with Crippen LogP contribution >= 0.6 is 0 Å². The van der Waals surface area contributed by atoms with E-state index in [2.05, 4.69) is 6.92 Å². The minimum absolute atomic E-state index is 0.203. The number of benzene rings is 1. The Morgan fingerprint density at radius 1 is 1.36 bits per heavy atom. The maximum Gasteiger partial charge on any atom is 0.123 e. The van der Waals surface area contributed by atoms with Gasteiger partial charge in [-0.3, -0.25) is 0 Å². The van der Waals surface area contributed by atoms with Gasteiger partial charge in [-0.1, -0.05) is 25.5 Å². The zero-order chi connectivity index (χ0) is 10.2. The van der Waals surface area contributed by atoms with Crippen LogP contribution in [0.2, 0.25) is 0 Å².